The first kappa shape index (κ1) is 18.4. The molecule has 0 saturated carbocycles. The molecule has 0 atom stereocenters. The Kier molecular flexibility index (Phi) is 7.66. The molecule has 0 heterocycles. The Morgan fingerprint density at radius 3 is 2.05 bits per heavy atom. The molecule has 0 unspecified atom stereocenters. The van der Waals surface area contributed by atoms with E-state index in [9.17, 15) is 5.11 Å². The van der Waals surface area contributed by atoms with Crippen LogP contribution in [0.4, 0.5) is 0 Å². The van der Waals surface area contributed by atoms with Crippen LogP contribution in [0, 0.1) is 0 Å². The van der Waals surface area contributed by atoms with Gasteiger partial charge in [-0.2, -0.15) is 0 Å². The van der Waals surface area contributed by atoms with E-state index >= 15 is 0 Å². The average molecular weight is 274 g/mol. The van der Waals surface area contributed by atoms with E-state index < -0.39 is 18.5 Å². The minimum absolute atomic E-state index is 0.525. The van der Waals surface area contributed by atoms with Gasteiger partial charge in [-0.3, -0.25) is 0 Å². The van der Waals surface area contributed by atoms with E-state index in [1.165, 1.54) is 19.3 Å². The quantitative estimate of drug-likeness (QED) is 0.583. The molecule has 0 fully saturated rings. The molecule has 19 heavy (non-hydrogen) atoms. The summed E-state index contributed by atoms with van der Waals surface area (Å²) in [6, 6.07) is 0. The van der Waals surface area contributed by atoms with E-state index in [0.29, 0.717) is 0 Å². The van der Waals surface area contributed by atoms with Crippen LogP contribution in [0.25, 0.3) is 0 Å². The summed E-state index contributed by atoms with van der Waals surface area (Å²) >= 11 is 0. The lowest BCUT2D eigenvalue weighted by Crippen LogP contribution is -2.47. The zero-order valence-electron chi connectivity index (χ0n) is 12.4. The van der Waals surface area contributed by atoms with Crippen molar-refractivity contribution in [1.29, 1.82) is 0 Å². The Balaban J connectivity index is 0.000000711. The summed E-state index contributed by atoms with van der Waals surface area (Å²) in [4.78, 5) is 0. The number of rotatable bonds is 3. The second kappa shape index (κ2) is 7.90. The SMILES string of the molecule is CC(C)(O)C(C)(C)OC1=CCCCCC1.OB(O)O. The van der Waals surface area contributed by atoms with Crippen molar-refractivity contribution in [2.45, 2.75) is 71.0 Å². The highest BCUT2D eigenvalue weighted by atomic mass is 16.5. The van der Waals surface area contributed by atoms with Gasteiger partial charge in [0.2, 0.25) is 0 Å². The number of hydrogen-bond acceptors (Lipinski definition) is 5. The maximum atomic E-state index is 9.99. The number of aliphatic hydroxyl groups is 1. The third-order valence-electron chi connectivity index (χ3n) is 3.36. The van der Waals surface area contributed by atoms with Crippen LogP contribution in [0.5, 0.6) is 0 Å². The summed E-state index contributed by atoms with van der Waals surface area (Å²) in [5.74, 6) is 1.06. The van der Waals surface area contributed by atoms with Crippen molar-refractivity contribution in [3.8, 4) is 0 Å². The van der Waals surface area contributed by atoms with E-state index in [-0.39, 0.29) is 0 Å². The zero-order valence-corrected chi connectivity index (χ0v) is 12.4. The minimum Gasteiger partial charge on any atom is -0.490 e. The van der Waals surface area contributed by atoms with Gasteiger partial charge in [0.05, 0.1) is 11.4 Å². The smallest absolute Gasteiger partial charge is 0.490 e. The van der Waals surface area contributed by atoms with Crippen molar-refractivity contribution in [2.75, 3.05) is 0 Å². The molecule has 1 rings (SSSR count). The lowest BCUT2D eigenvalue weighted by atomic mass is 9.89. The minimum atomic E-state index is -2.17. The standard InChI is InChI=1S/C13H24O2.BH3O3/c1-12(2,14)13(3,4)15-11-9-7-5-6-8-10-11;2-1(3)4/h9,14H,5-8,10H2,1-4H3;2-4H. The van der Waals surface area contributed by atoms with Gasteiger partial charge in [0.15, 0.2) is 0 Å². The summed E-state index contributed by atoms with van der Waals surface area (Å²) in [5.41, 5.74) is -1.34. The number of ether oxygens (including phenoxy) is 1. The van der Waals surface area contributed by atoms with Crippen LogP contribution >= 0.6 is 0 Å². The van der Waals surface area contributed by atoms with Crippen LogP contribution in [0.2, 0.25) is 0 Å². The lowest BCUT2D eigenvalue weighted by Gasteiger charge is -2.38. The topological polar surface area (TPSA) is 90.2 Å². The predicted molar refractivity (Wildman–Crippen MR) is 75.0 cm³/mol. The van der Waals surface area contributed by atoms with Gasteiger partial charge >= 0.3 is 7.32 Å². The summed E-state index contributed by atoms with van der Waals surface area (Å²) < 4.78 is 5.93. The number of hydrogen-bond donors (Lipinski definition) is 4. The van der Waals surface area contributed by atoms with Gasteiger partial charge in [-0.15, -0.1) is 0 Å². The Labute approximate surface area is 116 Å². The first-order valence-corrected chi connectivity index (χ1v) is 6.71. The molecule has 6 heteroatoms. The van der Waals surface area contributed by atoms with E-state index in [1.54, 1.807) is 13.8 Å². The first-order valence-electron chi connectivity index (χ1n) is 6.71. The van der Waals surface area contributed by atoms with Gasteiger partial charge in [-0.1, -0.05) is 6.42 Å². The van der Waals surface area contributed by atoms with Gasteiger partial charge in [0.25, 0.3) is 0 Å². The number of allylic oxidation sites excluding steroid dienone is 2. The lowest BCUT2D eigenvalue weighted by molar-refractivity contribution is -0.124. The van der Waals surface area contributed by atoms with Crippen molar-refractivity contribution in [3.63, 3.8) is 0 Å². The molecule has 0 aliphatic heterocycles. The monoisotopic (exact) mass is 274 g/mol. The highest BCUT2D eigenvalue weighted by Crippen LogP contribution is 2.30. The van der Waals surface area contributed by atoms with Gasteiger partial charge in [-0.05, 0) is 53.0 Å². The fourth-order valence-electron chi connectivity index (χ4n) is 1.53. The Bertz CT molecular complexity index is 278. The van der Waals surface area contributed by atoms with Crippen molar-refractivity contribution >= 4 is 7.32 Å². The molecule has 0 spiro atoms. The largest absolute Gasteiger partial charge is 0.631 e. The Hall–Kier alpha value is -0.555. The normalized spacial score (nSPS) is 16.7. The molecule has 0 saturated heterocycles. The molecule has 0 amide bonds. The summed E-state index contributed by atoms with van der Waals surface area (Å²) in [6.07, 6.45) is 8.05. The van der Waals surface area contributed by atoms with Crippen LogP contribution in [-0.2, 0) is 4.74 Å². The molecule has 1 aliphatic rings. The van der Waals surface area contributed by atoms with Crippen molar-refractivity contribution in [3.05, 3.63) is 11.8 Å². The fraction of sp³-hybridized carbons (Fsp3) is 0.846. The Morgan fingerprint density at radius 2 is 1.58 bits per heavy atom. The molecule has 0 aromatic heterocycles. The third kappa shape index (κ3) is 8.26. The molecule has 1 aliphatic carbocycles. The molecular formula is C13H27BO5. The third-order valence-corrected chi connectivity index (χ3v) is 3.36. The maximum absolute atomic E-state index is 9.99. The van der Waals surface area contributed by atoms with Crippen molar-refractivity contribution in [2.24, 2.45) is 0 Å². The highest BCUT2D eigenvalue weighted by Gasteiger charge is 2.37. The average Bonchev–Trinajstić information content (AvgIpc) is 2.42. The van der Waals surface area contributed by atoms with Crippen LogP contribution in [0.3, 0.4) is 0 Å². The second-order valence-electron chi connectivity index (χ2n) is 5.79. The van der Waals surface area contributed by atoms with Crippen molar-refractivity contribution < 1.29 is 24.9 Å². The zero-order chi connectivity index (χ0) is 15.1. The molecule has 0 aromatic rings. The summed E-state index contributed by atoms with van der Waals surface area (Å²) in [7, 11) is -2.17. The van der Waals surface area contributed by atoms with E-state index in [4.69, 9.17) is 19.8 Å². The predicted octanol–water partition coefficient (Wildman–Crippen LogP) is 1.35. The molecule has 112 valence electrons. The van der Waals surface area contributed by atoms with Gasteiger partial charge in [-0.25, -0.2) is 0 Å². The van der Waals surface area contributed by atoms with Crippen LogP contribution in [0.1, 0.15) is 59.8 Å². The first-order chi connectivity index (χ1) is 8.56. The van der Waals surface area contributed by atoms with E-state index in [0.717, 1.165) is 18.6 Å². The summed E-state index contributed by atoms with van der Waals surface area (Å²) in [5, 5.41) is 31.5. The van der Waals surface area contributed by atoms with Gasteiger partial charge < -0.3 is 24.9 Å². The van der Waals surface area contributed by atoms with Crippen LogP contribution in [-0.4, -0.2) is 38.7 Å². The van der Waals surface area contributed by atoms with E-state index in [2.05, 4.69) is 6.08 Å². The second-order valence-corrected chi connectivity index (χ2v) is 5.79. The fourth-order valence-corrected chi connectivity index (χ4v) is 1.53. The van der Waals surface area contributed by atoms with E-state index in [1.807, 2.05) is 13.8 Å². The summed E-state index contributed by atoms with van der Waals surface area (Å²) in [6.45, 7) is 7.48. The molecule has 0 aromatic carbocycles. The van der Waals surface area contributed by atoms with Crippen molar-refractivity contribution in [1.82, 2.24) is 0 Å². The highest BCUT2D eigenvalue weighted by molar-refractivity contribution is 6.30. The van der Waals surface area contributed by atoms with Crippen LogP contribution < -0.4 is 0 Å². The molecular weight excluding hydrogens is 247 g/mol. The molecule has 5 nitrogen and oxygen atoms in total. The molecule has 0 bridgehead atoms. The molecule has 0 radical (unpaired) electrons. The Morgan fingerprint density at radius 1 is 1.05 bits per heavy atom. The van der Waals surface area contributed by atoms with Crippen LogP contribution in [0.15, 0.2) is 11.8 Å². The maximum Gasteiger partial charge on any atom is 0.631 e. The molecule has 4 N–H and O–H groups in total. The van der Waals surface area contributed by atoms with Gasteiger partial charge in [0.1, 0.15) is 5.60 Å². The van der Waals surface area contributed by atoms with Gasteiger partial charge in [0, 0.05) is 6.42 Å².